The summed E-state index contributed by atoms with van der Waals surface area (Å²) in [7, 11) is 6.30. The van der Waals surface area contributed by atoms with Crippen LogP contribution in [0.25, 0.3) is 0 Å². The smallest absolute Gasteiger partial charge is 0.222 e. The van der Waals surface area contributed by atoms with Crippen LogP contribution in [0.1, 0.15) is 17.5 Å². The van der Waals surface area contributed by atoms with Crippen molar-refractivity contribution in [2.75, 3.05) is 28.4 Å². The Balaban J connectivity index is 2.05. The first-order chi connectivity index (χ1) is 12.9. The summed E-state index contributed by atoms with van der Waals surface area (Å²) in [6, 6.07) is 8.34. The zero-order chi connectivity index (χ0) is 20.0. The summed E-state index contributed by atoms with van der Waals surface area (Å²) >= 11 is 3.32. The third-order valence-corrected chi connectivity index (χ3v) is 4.69. The van der Waals surface area contributed by atoms with Crippen LogP contribution in [0.15, 0.2) is 34.8 Å². The van der Waals surface area contributed by atoms with E-state index in [4.69, 9.17) is 14.2 Å². The minimum absolute atomic E-state index is 0.0804. The number of rotatable bonds is 8. The van der Waals surface area contributed by atoms with E-state index in [2.05, 4.69) is 15.9 Å². The first-order valence-electron chi connectivity index (χ1n) is 8.36. The molecule has 0 saturated heterocycles. The normalized spacial score (nSPS) is 10.4. The van der Waals surface area contributed by atoms with E-state index in [1.54, 1.807) is 40.5 Å². The number of hydrogen-bond donors (Lipinski definition) is 0. The second-order valence-electron chi connectivity index (χ2n) is 6.02. The Bertz CT molecular complexity index is 788. The highest BCUT2D eigenvalue weighted by Crippen LogP contribution is 2.38. The molecule has 0 fully saturated rings. The molecular weight excluding hydrogens is 417 g/mol. The fourth-order valence-corrected chi connectivity index (χ4v) is 3.14. The maximum Gasteiger partial charge on any atom is 0.222 e. The molecule has 7 heteroatoms. The van der Waals surface area contributed by atoms with Gasteiger partial charge in [0.15, 0.2) is 11.5 Å². The quantitative estimate of drug-likeness (QED) is 0.618. The van der Waals surface area contributed by atoms with Gasteiger partial charge in [0, 0.05) is 30.0 Å². The van der Waals surface area contributed by atoms with Gasteiger partial charge in [-0.05, 0) is 42.3 Å². The summed E-state index contributed by atoms with van der Waals surface area (Å²) in [5.74, 6) is 1.19. The number of nitrogens with zero attached hydrogens (tertiary/aromatic N) is 1. The lowest BCUT2D eigenvalue weighted by atomic mass is 10.1. The van der Waals surface area contributed by atoms with Gasteiger partial charge in [-0.2, -0.15) is 0 Å². The zero-order valence-corrected chi connectivity index (χ0v) is 17.4. The Morgan fingerprint density at radius 2 is 1.70 bits per heavy atom. The Labute approximate surface area is 167 Å². The van der Waals surface area contributed by atoms with E-state index in [1.165, 1.54) is 11.0 Å². The second kappa shape index (κ2) is 9.60. The summed E-state index contributed by atoms with van der Waals surface area (Å²) in [5.41, 5.74) is 1.35. The molecule has 0 bridgehead atoms. The summed E-state index contributed by atoms with van der Waals surface area (Å²) in [6.07, 6.45) is 0.783. The molecule has 2 rings (SSSR count). The van der Waals surface area contributed by atoms with Gasteiger partial charge in [-0.25, -0.2) is 4.39 Å². The molecule has 2 aromatic rings. The van der Waals surface area contributed by atoms with Gasteiger partial charge in [-0.3, -0.25) is 4.79 Å². The summed E-state index contributed by atoms with van der Waals surface area (Å²) < 4.78 is 30.6. The van der Waals surface area contributed by atoms with Crippen LogP contribution in [-0.2, 0) is 17.8 Å². The lowest BCUT2D eigenvalue weighted by molar-refractivity contribution is -0.130. The van der Waals surface area contributed by atoms with Gasteiger partial charge in [-0.1, -0.05) is 15.9 Å². The lowest BCUT2D eigenvalue weighted by Crippen LogP contribution is -2.26. The van der Waals surface area contributed by atoms with Crippen molar-refractivity contribution >= 4 is 21.8 Å². The van der Waals surface area contributed by atoms with E-state index >= 15 is 0 Å². The molecule has 146 valence electrons. The van der Waals surface area contributed by atoms with E-state index in [0.717, 1.165) is 10.0 Å². The minimum atomic E-state index is -0.331. The minimum Gasteiger partial charge on any atom is -0.493 e. The topological polar surface area (TPSA) is 48.0 Å². The molecule has 0 unspecified atom stereocenters. The lowest BCUT2D eigenvalue weighted by Gasteiger charge is -2.18. The van der Waals surface area contributed by atoms with E-state index in [9.17, 15) is 9.18 Å². The molecule has 0 spiro atoms. The van der Waals surface area contributed by atoms with Crippen LogP contribution in [0.5, 0.6) is 17.2 Å². The van der Waals surface area contributed by atoms with Crippen molar-refractivity contribution in [3.63, 3.8) is 0 Å². The average molecular weight is 440 g/mol. The van der Waals surface area contributed by atoms with Gasteiger partial charge in [0.1, 0.15) is 5.82 Å². The first kappa shape index (κ1) is 21.0. The van der Waals surface area contributed by atoms with Crippen molar-refractivity contribution in [2.24, 2.45) is 0 Å². The van der Waals surface area contributed by atoms with Gasteiger partial charge in [0.25, 0.3) is 0 Å². The number of carbonyl (C=O) groups is 1. The number of methoxy groups -OCH3 is 3. The van der Waals surface area contributed by atoms with E-state index < -0.39 is 0 Å². The highest BCUT2D eigenvalue weighted by Gasteiger charge is 2.16. The molecule has 5 nitrogen and oxygen atoms in total. The summed E-state index contributed by atoms with van der Waals surface area (Å²) in [6.45, 7) is 0.208. The van der Waals surface area contributed by atoms with Crippen LogP contribution >= 0.6 is 15.9 Å². The van der Waals surface area contributed by atoms with Crippen molar-refractivity contribution in [3.05, 3.63) is 51.7 Å². The summed E-state index contributed by atoms with van der Waals surface area (Å²) in [4.78, 5) is 14.0. The van der Waals surface area contributed by atoms with Crippen LogP contribution in [0.3, 0.4) is 0 Å². The van der Waals surface area contributed by atoms with Gasteiger partial charge < -0.3 is 19.1 Å². The number of benzene rings is 2. The molecule has 2 aromatic carbocycles. The van der Waals surface area contributed by atoms with Crippen LogP contribution in [0.4, 0.5) is 4.39 Å². The highest BCUT2D eigenvalue weighted by molar-refractivity contribution is 9.10. The molecule has 27 heavy (non-hydrogen) atoms. The SMILES string of the molecule is COc1cc(CCC(=O)N(C)Cc2cc(Br)ccc2F)cc(OC)c1OC. The van der Waals surface area contributed by atoms with Crippen molar-refractivity contribution in [3.8, 4) is 17.2 Å². The van der Waals surface area contributed by atoms with Crippen molar-refractivity contribution in [1.82, 2.24) is 4.90 Å². The largest absolute Gasteiger partial charge is 0.493 e. The summed E-state index contributed by atoms with van der Waals surface area (Å²) in [5, 5.41) is 0. The number of aryl methyl sites for hydroxylation is 1. The third-order valence-electron chi connectivity index (χ3n) is 4.19. The van der Waals surface area contributed by atoms with E-state index in [-0.39, 0.29) is 24.7 Å². The standard InChI is InChI=1S/C20H23BrFNO4/c1-23(12-14-11-15(21)6-7-16(14)22)19(24)8-5-13-9-17(25-2)20(27-4)18(10-13)26-3/h6-7,9-11H,5,8,12H2,1-4H3. The molecule has 0 aliphatic carbocycles. The molecule has 0 heterocycles. The Kier molecular flexibility index (Phi) is 7.47. The molecular formula is C20H23BrFNO4. The third kappa shape index (κ3) is 5.35. The highest BCUT2D eigenvalue weighted by atomic mass is 79.9. The molecule has 0 radical (unpaired) electrons. The van der Waals surface area contributed by atoms with Gasteiger partial charge in [-0.15, -0.1) is 0 Å². The van der Waals surface area contributed by atoms with E-state index in [1.807, 2.05) is 12.1 Å². The number of amides is 1. The second-order valence-corrected chi connectivity index (χ2v) is 6.93. The monoisotopic (exact) mass is 439 g/mol. The van der Waals surface area contributed by atoms with Crippen molar-refractivity contribution in [2.45, 2.75) is 19.4 Å². The molecule has 0 aromatic heterocycles. The Morgan fingerprint density at radius 3 is 2.26 bits per heavy atom. The molecule has 0 atom stereocenters. The fourth-order valence-electron chi connectivity index (χ4n) is 2.73. The fraction of sp³-hybridized carbons (Fsp3) is 0.350. The number of halogens is 2. The Hall–Kier alpha value is -2.28. The Morgan fingerprint density at radius 1 is 1.07 bits per heavy atom. The number of carbonyl (C=O) groups excluding carboxylic acids is 1. The zero-order valence-electron chi connectivity index (χ0n) is 15.8. The number of ether oxygens (including phenoxy) is 3. The maximum atomic E-state index is 13.9. The molecule has 0 N–H and O–H groups in total. The average Bonchev–Trinajstić information content (AvgIpc) is 2.67. The number of hydrogen-bond acceptors (Lipinski definition) is 4. The first-order valence-corrected chi connectivity index (χ1v) is 9.15. The predicted octanol–water partition coefficient (Wildman–Crippen LogP) is 4.21. The molecule has 0 aliphatic rings. The molecule has 0 saturated carbocycles. The van der Waals surface area contributed by atoms with Crippen molar-refractivity contribution < 1.29 is 23.4 Å². The van der Waals surface area contributed by atoms with Crippen LogP contribution < -0.4 is 14.2 Å². The molecule has 0 aliphatic heterocycles. The predicted molar refractivity (Wildman–Crippen MR) is 105 cm³/mol. The molecule has 1 amide bonds. The van der Waals surface area contributed by atoms with Gasteiger partial charge in [0.05, 0.1) is 21.3 Å². The van der Waals surface area contributed by atoms with Gasteiger partial charge in [0.2, 0.25) is 11.7 Å². The van der Waals surface area contributed by atoms with E-state index in [0.29, 0.717) is 29.2 Å². The van der Waals surface area contributed by atoms with Crippen LogP contribution in [0, 0.1) is 5.82 Å². The van der Waals surface area contributed by atoms with Crippen molar-refractivity contribution in [1.29, 1.82) is 0 Å². The maximum absolute atomic E-state index is 13.9. The van der Waals surface area contributed by atoms with Crippen LogP contribution in [0.2, 0.25) is 0 Å². The van der Waals surface area contributed by atoms with Gasteiger partial charge >= 0.3 is 0 Å². The van der Waals surface area contributed by atoms with Crippen LogP contribution in [-0.4, -0.2) is 39.2 Å².